The predicted molar refractivity (Wildman–Crippen MR) is 119 cm³/mol. The van der Waals surface area contributed by atoms with Crippen molar-refractivity contribution in [2.75, 3.05) is 32.8 Å². The number of ether oxygens (including phenoxy) is 2. The van der Waals surface area contributed by atoms with Gasteiger partial charge in [-0.1, -0.05) is 41.9 Å². The summed E-state index contributed by atoms with van der Waals surface area (Å²) >= 11 is 6.10. The molecule has 2 aromatic rings. The second-order valence-corrected chi connectivity index (χ2v) is 7.71. The summed E-state index contributed by atoms with van der Waals surface area (Å²) < 4.78 is 11.1. The summed E-state index contributed by atoms with van der Waals surface area (Å²) in [5.74, 6) is -0.152. The molecule has 1 N–H and O–H groups in total. The van der Waals surface area contributed by atoms with Crippen molar-refractivity contribution in [3.63, 3.8) is 0 Å². The van der Waals surface area contributed by atoms with E-state index in [2.05, 4.69) is 17.0 Å². The van der Waals surface area contributed by atoms with Crippen LogP contribution in [-0.4, -0.2) is 54.9 Å². The van der Waals surface area contributed by atoms with Crippen molar-refractivity contribution in [3.8, 4) is 5.75 Å². The number of nitrogens with zero attached hydrogens (tertiary/aromatic N) is 1. The van der Waals surface area contributed by atoms with E-state index in [1.807, 2.05) is 42.5 Å². The molecule has 0 aromatic heterocycles. The molecule has 0 aliphatic carbocycles. The van der Waals surface area contributed by atoms with E-state index in [9.17, 15) is 9.90 Å². The van der Waals surface area contributed by atoms with Gasteiger partial charge in [0.25, 0.3) is 0 Å². The van der Waals surface area contributed by atoms with Gasteiger partial charge in [0.05, 0.1) is 0 Å². The van der Waals surface area contributed by atoms with Crippen LogP contribution in [-0.2, 0) is 16.0 Å². The molecule has 0 fully saturated rings. The predicted octanol–water partition coefficient (Wildman–Crippen LogP) is 4.54. The number of hydrogen-bond acceptors (Lipinski definition) is 4. The molecule has 0 saturated carbocycles. The fraction of sp³-hybridized carbons (Fsp3) is 0.375. The SMILES string of the molecule is CCOC(Cc1ccc(OCCN2CC=C(c3cccc(Cl)c3)CC2)cc1)C(=O)O. The molecule has 30 heavy (non-hydrogen) atoms. The van der Waals surface area contributed by atoms with Gasteiger partial charge in [0.15, 0.2) is 6.10 Å². The Hall–Kier alpha value is -2.34. The summed E-state index contributed by atoms with van der Waals surface area (Å²) in [6.45, 7) is 5.53. The molecule has 0 amide bonds. The maximum atomic E-state index is 11.2. The zero-order valence-corrected chi connectivity index (χ0v) is 18.0. The summed E-state index contributed by atoms with van der Waals surface area (Å²) in [6, 6.07) is 15.6. The minimum absolute atomic E-state index is 0.346. The number of hydrogen-bond donors (Lipinski definition) is 1. The Bertz CT molecular complexity index is 866. The molecule has 0 bridgehead atoms. The Morgan fingerprint density at radius 2 is 2.03 bits per heavy atom. The first kappa shape index (κ1) is 22.3. The van der Waals surface area contributed by atoms with Crippen LogP contribution in [0.3, 0.4) is 0 Å². The first-order valence-electron chi connectivity index (χ1n) is 10.3. The third-order valence-electron chi connectivity index (χ3n) is 5.15. The van der Waals surface area contributed by atoms with E-state index in [4.69, 9.17) is 21.1 Å². The molecule has 0 radical (unpaired) electrons. The summed E-state index contributed by atoms with van der Waals surface area (Å²) in [5.41, 5.74) is 3.46. The normalized spacial score (nSPS) is 15.5. The molecule has 1 aliphatic heterocycles. The topological polar surface area (TPSA) is 59.0 Å². The number of halogens is 1. The molecule has 0 saturated heterocycles. The largest absolute Gasteiger partial charge is 0.492 e. The lowest BCUT2D eigenvalue weighted by atomic mass is 10.00. The highest BCUT2D eigenvalue weighted by molar-refractivity contribution is 6.30. The molecule has 1 unspecified atom stereocenters. The minimum Gasteiger partial charge on any atom is -0.492 e. The van der Waals surface area contributed by atoms with E-state index >= 15 is 0 Å². The fourth-order valence-corrected chi connectivity index (χ4v) is 3.70. The summed E-state index contributed by atoms with van der Waals surface area (Å²) in [4.78, 5) is 13.6. The first-order chi connectivity index (χ1) is 14.5. The Morgan fingerprint density at radius 3 is 2.67 bits per heavy atom. The Kier molecular flexibility index (Phi) is 8.31. The molecule has 3 rings (SSSR count). The van der Waals surface area contributed by atoms with Crippen LogP contribution >= 0.6 is 11.6 Å². The Balaban J connectivity index is 1.43. The van der Waals surface area contributed by atoms with E-state index < -0.39 is 12.1 Å². The van der Waals surface area contributed by atoms with Gasteiger partial charge in [0.1, 0.15) is 12.4 Å². The van der Waals surface area contributed by atoms with Crippen molar-refractivity contribution in [3.05, 3.63) is 70.8 Å². The molecule has 5 nitrogen and oxygen atoms in total. The Morgan fingerprint density at radius 1 is 1.23 bits per heavy atom. The third-order valence-corrected chi connectivity index (χ3v) is 5.39. The minimum atomic E-state index is -0.939. The maximum Gasteiger partial charge on any atom is 0.333 e. The van der Waals surface area contributed by atoms with Crippen LogP contribution < -0.4 is 4.74 Å². The van der Waals surface area contributed by atoms with E-state index in [0.717, 1.165) is 42.4 Å². The Labute approximate surface area is 182 Å². The molecular weight excluding hydrogens is 402 g/mol. The quantitative estimate of drug-likeness (QED) is 0.600. The highest BCUT2D eigenvalue weighted by Gasteiger charge is 2.18. The third kappa shape index (κ3) is 6.59. The number of carboxylic acids is 1. The van der Waals surface area contributed by atoms with Gasteiger partial charge < -0.3 is 14.6 Å². The molecule has 0 spiro atoms. The van der Waals surface area contributed by atoms with E-state index in [-0.39, 0.29) is 0 Å². The maximum absolute atomic E-state index is 11.2. The van der Waals surface area contributed by atoms with Crippen LogP contribution in [0.2, 0.25) is 5.02 Å². The van der Waals surface area contributed by atoms with E-state index in [1.165, 1.54) is 11.1 Å². The smallest absolute Gasteiger partial charge is 0.333 e. The lowest BCUT2D eigenvalue weighted by Crippen LogP contribution is -2.32. The molecule has 1 atom stereocenters. The zero-order chi connectivity index (χ0) is 21.3. The van der Waals surface area contributed by atoms with Gasteiger partial charge in [-0.05, 0) is 54.3 Å². The van der Waals surface area contributed by atoms with Crippen molar-refractivity contribution >= 4 is 23.1 Å². The number of carboxylic acid groups (broad SMARTS) is 1. The van der Waals surface area contributed by atoms with E-state index in [1.54, 1.807) is 6.92 Å². The lowest BCUT2D eigenvalue weighted by Gasteiger charge is -2.26. The van der Waals surface area contributed by atoms with Gasteiger partial charge in [-0.15, -0.1) is 0 Å². The molecule has 1 heterocycles. The van der Waals surface area contributed by atoms with Gasteiger partial charge in [-0.25, -0.2) is 4.79 Å². The molecule has 160 valence electrons. The monoisotopic (exact) mass is 429 g/mol. The molecule has 1 aliphatic rings. The van der Waals surface area contributed by atoms with Crippen molar-refractivity contribution in [2.24, 2.45) is 0 Å². The van der Waals surface area contributed by atoms with Gasteiger partial charge in [-0.2, -0.15) is 0 Å². The van der Waals surface area contributed by atoms with Crippen LogP contribution in [0.1, 0.15) is 24.5 Å². The van der Waals surface area contributed by atoms with Crippen molar-refractivity contribution in [2.45, 2.75) is 25.9 Å². The average Bonchev–Trinajstić information content (AvgIpc) is 2.75. The highest BCUT2D eigenvalue weighted by atomic mass is 35.5. The molecular formula is C24H28ClNO4. The molecule has 6 heteroatoms. The average molecular weight is 430 g/mol. The second kappa shape index (κ2) is 11.2. The number of rotatable bonds is 10. The summed E-state index contributed by atoms with van der Waals surface area (Å²) in [5, 5.41) is 9.96. The van der Waals surface area contributed by atoms with Gasteiger partial charge >= 0.3 is 5.97 Å². The second-order valence-electron chi connectivity index (χ2n) is 7.27. The lowest BCUT2D eigenvalue weighted by molar-refractivity contribution is -0.149. The summed E-state index contributed by atoms with van der Waals surface area (Å²) in [6.07, 6.45) is 2.80. The summed E-state index contributed by atoms with van der Waals surface area (Å²) in [7, 11) is 0. The van der Waals surface area contributed by atoms with E-state index in [0.29, 0.717) is 19.6 Å². The van der Waals surface area contributed by atoms with Crippen LogP contribution in [0.5, 0.6) is 5.75 Å². The standard InChI is InChI=1S/C24H28ClNO4/c1-2-29-23(24(27)28)16-18-6-8-22(9-7-18)30-15-14-26-12-10-19(11-13-26)20-4-3-5-21(25)17-20/h3-10,17,23H,2,11-16H2,1H3,(H,27,28). The van der Waals surface area contributed by atoms with Crippen LogP contribution in [0.15, 0.2) is 54.6 Å². The number of aliphatic carboxylic acids is 1. The van der Waals surface area contributed by atoms with Gasteiger partial charge in [0, 0.05) is 37.7 Å². The first-order valence-corrected chi connectivity index (χ1v) is 10.7. The van der Waals surface area contributed by atoms with Gasteiger partial charge in [0.2, 0.25) is 0 Å². The number of carbonyl (C=O) groups is 1. The van der Waals surface area contributed by atoms with Crippen molar-refractivity contribution in [1.29, 1.82) is 0 Å². The van der Waals surface area contributed by atoms with Crippen molar-refractivity contribution in [1.82, 2.24) is 4.90 Å². The van der Waals surface area contributed by atoms with Crippen molar-refractivity contribution < 1.29 is 19.4 Å². The van der Waals surface area contributed by atoms with Crippen LogP contribution in [0, 0.1) is 0 Å². The van der Waals surface area contributed by atoms with Crippen LogP contribution in [0.25, 0.3) is 5.57 Å². The number of benzene rings is 2. The zero-order valence-electron chi connectivity index (χ0n) is 17.2. The van der Waals surface area contributed by atoms with Crippen LogP contribution in [0.4, 0.5) is 0 Å². The fourth-order valence-electron chi connectivity index (χ4n) is 3.51. The van der Waals surface area contributed by atoms with Gasteiger partial charge in [-0.3, -0.25) is 4.90 Å². The highest BCUT2D eigenvalue weighted by Crippen LogP contribution is 2.24. The molecule has 2 aromatic carbocycles.